The lowest BCUT2D eigenvalue weighted by atomic mass is 9.94. The molecular formula is C15H10O3. The summed E-state index contributed by atoms with van der Waals surface area (Å²) >= 11 is 0. The zero-order valence-electron chi connectivity index (χ0n) is 9.73. The van der Waals surface area contributed by atoms with E-state index < -0.39 is 11.6 Å². The Morgan fingerprint density at radius 2 is 1.83 bits per heavy atom. The molecule has 2 aromatic carbocycles. The summed E-state index contributed by atoms with van der Waals surface area (Å²) in [6, 6.07) is 9.08. The van der Waals surface area contributed by atoms with Crippen LogP contribution in [0.5, 0.6) is 5.75 Å². The van der Waals surface area contributed by atoms with E-state index in [0.717, 1.165) is 10.8 Å². The highest BCUT2D eigenvalue weighted by molar-refractivity contribution is 6.60. The summed E-state index contributed by atoms with van der Waals surface area (Å²) in [7, 11) is 0. The number of aromatic hydroxyl groups is 1. The number of hydrogen-bond acceptors (Lipinski definition) is 3. The standard InChI is InChI=1S/C15H10O3/c1-8-14-11(7-13(17)15(8)18)10-5-3-2-4-9(10)6-12(14)16/h2-7,16H,1H3. The van der Waals surface area contributed by atoms with Crippen molar-refractivity contribution in [1.29, 1.82) is 0 Å². The van der Waals surface area contributed by atoms with Gasteiger partial charge in [0.25, 0.3) is 0 Å². The van der Waals surface area contributed by atoms with E-state index in [2.05, 4.69) is 0 Å². The van der Waals surface area contributed by atoms with Gasteiger partial charge in [0.1, 0.15) is 5.75 Å². The average Bonchev–Trinajstić information content (AvgIpc) is 2.35. The zero-order valence-corrected chi connectivity index (χ0v) is 9.73. The predicted molar refractivity (Wildman–Crippen MR) is 68.4 cm³/mol. The minimum absolute atomic E-state index is 0.0401. The molecule has 88 valence electrons. The summed E-state index contributed by atoms with van der Waals surface area (Å²) in [5.41, 5.74) is 0.306. The summed E-state index contributed by atoms with van der Waals surface area (Å²) in [6.07, 6.45) is 1.31. The van der Waals surface area contributed by atoms with Crippen LogP contribution in [-0.4, -0.2) is 16.7 Å². The first-order valence-electron chi connectivity index (χ1n) is 5.61. The van der Waals surface area contributed by atoms with Gasteiger partial charge < -0.3 is 5.11 Å². The number of carbonyl (C=O) groups is 2. The molecule has 0 spiro atoms. The molecule has 18 heavy (non-hydrogen) atoms. The minimum Gasteiger partial charge on any atom is -0.507 e. The molecule has 3 heteroatoms. The first-order chi connectivity index (χ1) is 8.59. The van der Waals surface area contributed by atoms with Gasteiger partial charge in [0.05, 0.1) is 0 Å². The van der Waals surface area contributed by atoms with Crippen LogP contribution >= 0.6 is 0 Å². The monoisotopic (exact) mass is 238 g/mol. The van der Waals surface area contributed by atoms with Crippen molar-refractivity contribution < 1.29 is 14.7 Å². The van der Waals surface area contributed by atoms with Crippen LogP contribution in [0.1, 0.15) is 6.92 Å². The lowest BCUT2D eigenvalue weighted by molar-refractivity contribution is -0.129. The number of phenolic OH excluding ortho intramolecular Hbond substituents is 1. The van der Waals surface area contributed by atoms with Crippen LogP contribution in [-0.2, 0) is 9.59 Å². The van der Waals surface area contributed by atoms with E-state index in [1.54, 1.807) is 13.0 Å². The number of fused-ring (bicyclic) bond motifs is 3. The van der Waals surface area contributed by atoms with Crippen molar-refractivity contribution in [3.8, 4) is 5.75 Å². The molecule has 2 aromatic rings. The van der Waals surface area contributed by atoms with Crippen LogP contribution in [0.2, 0.25) is 0 Å². The van der Waals surface area contributed by atoms with Crippen molar-refractivity contribution in [3.05, 3.63) is 40.8 Å². The fourth-order valence-corrected chi connectivity index (χ4v) is 2.40. The van der Waals surface area contributed by atoms with Crippen LogP contribution < -0.4 is 10.4 Å². The number of rotatable bonds is 0. The van der Waals surface area contributed by atoms with Crippen LogP contribution in [0.3, 0.4) is 0 Å². The summed E-state index contributed by atoms with van der Waals surface area (Å²) in [4.78, 5) is 23.3. The van der Waals surface area contributed by atoms with Gasteiger partial charge in [-0.2, -0.15) is 0 Å². The van der Waals surface area contributed by atoms with E-state index in [4.69, 9.17) is 0 Å². The molecule has 0 unspecified atom stereocenters. The third kappa shape index (κ3) is 1.31. The molecule has 0 aliphatic heterocycles. The topological polar surface area (TPSA) is 54.4 Å². The van der Waals surface area contributed by atoms with Crippen molar-refractivity contribution in [2.24, 2.45) is 0 Å². The Labute approximate surface area is 103 Å². The Morgan fingerprint density at radius 1 is 1.11 bits per heavy atom. The van der Waals surface area contributed by atoms with Crippen LogP contribution in [0.15, 0.2) is 30.3 Å². The third-order valence-electron chi connectivity index (χ3n) is 3.28. The number of ketones is 2. The van der Waals surface area contributed by atoms with E-state index in [0.29, 0.717) is 16.0 Å². The van der Waals surface area contributed by atoms with Crippen LogP contribution in [0, 0.1) is 0 Å². The average molecular weight is 238 g/mol. The maximum absolute atomic E-state index is 11.6. The Kier molecular flexibility index (Phi) is 2.10. The van der Waals surface area contributed by atoms with Gasteiger partial charge >= 0.3 is 0 Å². The Bertz CT molecular complexity index is 829. The third-order valence-corrected chi connectivity index (χ3v) is 3.28. The molecule has 0 saturated carbocycles. The van der Waals surface area contributed by atoms with E-state index in [9.17, 15) is 14.7 Å². The number of benzene rings is 2. The lowest BCUT2D eigenvalue weighted by Gasteiger charge is -2.09. The summed E-state index contributed by atoms with van der Waals surface area (Å²) < 4.78 is 0. The van der Waals surface area contributed by atoms with Gasteiger partial charge in [-0.15, -0.1) is 0 Å². The van der Waals surface area contributed by atoms with Gasteiger partial charge in [-0.3, -0.25) is 9.59 Å². The number of hydrogen-bond donors (Lipinski definition) is 1. The fourth-order valence-electron chi connectivity index (χ4n) is 2.40. The summed E-state index contributed by atoms with van der Waals surface area (Å²) in [5, 5.41) is 12.8. The lowest BCUT2D eigenvalue weighted by Crippen LogP contribution is -2.37. The molecule has 1 N–H and O–H groups in total. The molecule has 3 nitrogen and oxygen atoms in total. The molecule has 0 radical (unpaired) electrons. The second kappa shape index (κ2) is 3.53. The largest absolute Gasteiger partial charge is 0.507 e. The molecule has 1 aliphatic rings. The quantitative estimate of drug-likeness (QED) is 0.685. The van der Waals surface area contributed by atoms with E-state index >= 15 is 0 Å². The van der Waals surface area contributed by atoms with Crippen molar-refractivity contribution in [2.45, 2.75) is 6.92 Å². The van der Waals surface area contributed by atoms with Gasteiger partial charge in [-0.1, -0.05) is 24.3 Å². The SMILES string of the molecule is CC1=c2c(O)cc3ccccc3c2=CC(=O)C1=O. The van der Waals surface area contributed by atoms with Gasteiger partial charge in [0.2, 0.25) is 11.6 Å². The van der Waals surface area contributed by atoms with E-state index in [-0.39, 0.29) is 5.75 Å². The first kappa shape index (κ1) is 10.7. The molecule has 0 aromatic heterocycles. The van der Waals surface area contributed by atoms with Crippen LogP contribution in [0.4, 0.5) is 0 Å². The molecule has 0 atom stereocenters. The molecular weight excluding hydrogens is 228 g/mol. The number of carbonyl (C=O) groups excluding carboxylic acids is 2. The number of phenols is 1. The Balaban J connectivity index is 2.69. The first-order valence-corrected chi connectivity index (χ1v) is 5.61. The molecule has 0 heterocycles. The highest BCUT2D eigenvalue weighted by Gasteiger charge is 2.20. The normalized spacial score (nSPS) is 14.6. The van der Waals surface area contributed by atoms with E-state index in [1.165, 1.54) is 6.08 Å². The van der Waals surface area contributed by atoms with E-state index in [1.807, 2.05) is 24.3 Å². The highest BCUT2D eigenvalue weighted by Crippen LogP contribution is 2.15. The highest BCUT2D eigenvalue weighted by atomic mass is 16.3. The maximum Gasteiger partial charge on any atom is 0.229 e. The molecule has 0 amide bonds. The molecule has 3 rings (SSSR count). The fraction of sp³-hybridized carbons (Fsp3) is 0.0667. The molecule has 0 fully saturated rings. The van der Waals surface area contributed by atoms with Gasteiger partial charge in [0, 0.05) is 10.8 Å². The predicted octanol–water partition coefficient (Wildman–Crippen LogP) is 0.648. The second-order valence-corrected chi connectivity index (χ2v) is 4.37. The van der Waals surface area contributed by atoms with Crippen molar-refractivity contribution in [1.82, 2.24) is 0 Å². The smallest absolute Gasteiger partial charge is 0.229 e. The summed E-state index contributed by atoms with van der Waals surface area (Å²) in [5.74, 6) is -1.04. The van der Waals surface area contributed by atoms with Crippen molar-refractivity contribution in [2.75, 3.05) is 0 Å². The Morgan fingerprint density at radius 3 is 2.61 bits per heavy atom. The molecule has 1 aliphatic carbocycles. The van der Waals surface area contributed by atoms with Gasteiger partial charge in [-0.25, -0.2) is 0 Å². The second-order valence-electron chi connectivity index (χ2n) is 4.37. The summed E-state index contributed by atoms with van der Waals surface area (Å²) in [6.45, 7) is 1.57. The Hall–Kier alpha value is -2.42. The van der Waals surface area contributed by atoms with Crippen molar-refractivity contribution in [3.63, 3.8) is 0 Å². The number of Topliss-reactive ketones (excluding diaryl/α,β-unsaturated/α-hetero) is 2. The van der Waals surface area contributed by atoms with Crippen molar-refractivity contribution >= 4 is 34.0 Å². The van der Waals surface area contributed by atoms with Gasteiger partial charge in [-0.05, 0) is 35.1 Å². The van der Waals surface area contributed by atoms with Gasteiger partial charge in [0.15, 0.2) is 0 Å². The molecule has 0 saturated heterocycles. The van der Waals surface area contributed by atoms with Crippen LogP contribution in [0.25, 0.3) is 22.4 Å². The minimum atomic E-state index is -0.548. The maximum atomic E-state index is 11.6. The molecule has 0 bridgehead atoms. The zero-order chi connectivity index (χ0) is 12.9.